The molecule has 0 radical (unpaired) electrons. The molecule has 1 aliphatic heterocycles. The molecule has 0 unspecified atom stereocenters. The molecular weight excluding hydrogens is 290 g/mol. The van der Waals surface area contributed by atoms with Gasteiger partial charge in [-0.25, -0.2) is 13.6 Å². The molecule has 1 heterocycles. The molecule has 0 aliphatic carbocycles. The van der Waals surface area contributed by atoms with Crippen LogP contribution in [0.2, 0.25) is 0 Å². The largest absolute Gasteiger partial charge is 0.443 e. The molecule has 0 saturated carbocycles. The van der Waals surface area contributed by atoms with Crippen LogP contribution in [0.3, 0.4) is 0 Å². The van der Waals surface area contributed by atoms with E-state index in [2.05, 4.69) is 0 Å². The molecule has 118 valence electrons. The number of rotatable bonds is 1. The van der Waals surface area contributed by atoms with Crippen molar-refractivity contribution < 1.29 is 18.3 Å². The minimum absolute atomic E-state index is 0.125. The minimum Gasteiger partial charge on any atom is -0.443 e. The molecule has 0 aromatic heterocycles. The number of hydrogen-bond acceptors (Lipinski definition) is 3. The summed E-state index contributed by atoms with van der Waals surface area (Å²) in [6.45, 7) is 5.56. The number of nitrogens with zero attached hydrogens (tertiary/aromatic N) is 1. The molecule has 1 aliphatic rings. The van der Waals surface area contributed by atoms with E-state index >= 15 is 0 Å². The van der Waals surface area contributed by atoms with E-state index in [0.29, 0.717) is 5.57 Å². The first-order valence-corrected chi connectivity index (χ1v) is 6.80. The predicted molar refractivity (Wildman–Crippen MR) is 80.8 cm³/mol. The Morgan fingerprint density at radius 2 is 1.95 bits per heavy atom. The third kappa shape index (κ3) is 3.63. The van der Waals surface area contributed by atoms with Gasteiger partial charge in [0.1, 0.15) is 17.2 Å². The lowest BCUT2D eigenvalue weighted by molar-refractivity contribution is 0.0351. The van der Waals surface area contributed by atoms with Crippen LogP contribution in [0, 0.1) is 11.6 Å². The van der Waals surface area contributed by atoms with E-state index in [0.717, 1.165) is 6.07 Å². The molecule has 1 aromatic rings. The number of nitrogen functional groups attached to an aromatic ring is 1. The number of anilines is 1. The average Bonchev–Trinajstić information content (AvgIpc) is 2.41. The van der Waals surface area contributed by atoms with Crippen molar-refractivity contribution in [3.63, 3.8) is 0 Å². The first-order valence-electron chi connectivity index (χ1n) is 6.80. The number of benzene rings is 1. The van der Waals surface area contributed by atoms with Gasteiger partial charge in [0.25, 0.3) is 0 Å². The number of allylic oxidation sites excluding steroid dienone is 2. The Bertz CT molecular complexity index is 661. The maximum Gasteiger partial charge on any atom is 0.414 e. The van der Waals surface area contributed by atoms with Crippen LogP contribution in [0.25, 0.3) is 5.57 Å². The van der Waals surface area contributed by atoms with Crippen molar-refractivity contribution in [1.29, 1.82) is 0 Å². The van der Waals surface area contributed by atoms with E-state index < -0.39 is 23.3 Å². The highest BCUT2D eigenvalue weighted by molar-refractivity contribution is 5.79. The Hall–Kier alpha value is -2.37. The van der Waals surface area contributed by atoms with Crippen molar-refractivity contribution in [2.24, 2.45) is 0 Å². The normalized spacial score (nSPS) is 14.8. The van der Waals surface area contributed by atoms with Gasteiger partial charge in [0.2, 0.25) is 0 Å². The van der Waals surface area contributed by atoms with Gasteiger partial charge in [-0.3, -0.25) is 4.90 Å². The third-order valence-electron chi connectivity index (χ3n) is 2.97. The van der Waals surface area contributed by atoms with Gasteiger partial charge in [-0.2, -0.15) is 0 Å². The van der Waals surface area contributed by atoms with Crippen LogP contribution >= 0.6 is 0 Å². The fraction of sp³-hybridized carbons (Fsp3) is 0.312. The standard InChI is InChI=1S/C16H18F2N2O2/c1-16(2,3)22-15(21)20-6-4-10(5-7-20)11-8-14(19)13(18)9-12(11)17/h4-6,8-9H,7,19H2,1-3H3. The molecule has 6 heteroatoms. The van der Waals surface area contributed by atoms with E-state index in [-0.39, 0.29) is 17.8 Å². The minimum atomic E-state index is -0.794. The number of hydrogen-bond donors (Lipinski definition) is 1. The molecule has 2 N–H and O–H groups in total. The molecule has 22 heavy (non-hydrogen) atoms. The molecule has 0 fully saturated rings. The highest BCUT2D eigenvalue weighted by Gasteiger charge is 2.22. The fourth-order valence-electron chi connectivity index (χ4n) is 1.94. The van der Waals surface area contributed by atoms with Crippen molar-refractivity contribution in [3.05, 3.63) is 47.7 Å². The monoisotopic (exact) mass is 308 g/mol. The van der Waals surface area contributed by atoms with Crippen LogP contribution in [-0.2, 0) is 4.74 Å². The van der Waals surface area contributed by atoms with Gasteiger partial charge >= 0.3 is 6.09 Å². The summed E-state index contributed by atoms with van der Waals surface area (Å²) < 4.78 is 32.2. The second-order valence-electron chi connectivity index (χ2n) is 5.96. The molecule has 0 spiro atoms. The van der Waals surface area contributed by atoms with Crippen molar-refractivity contribution in [1.82, 2.24) is 4.90 Å². The lowest BCUT2D eigenvalue weighted by Crippen LogP contribution is -2.34. The predicted octanol–water partition coefficient (Wildman–Crippen LogP) is 3.69. The lowest BCUT2D eigenvalue weighted by Gasteiger charge is -2.26. The number of amides is 1. The number of carbonyl (C=O) groups excluding carboxylic acids is 1. The molecule has 0 saturated heterocycles. The van der Waals surface area contributed by atoms with Crippen LogP contribution in [0.4, 0.5) is 19.3 Å². The van der Waals surface area contributed by atoms with Crippen LogP contribution in [0.15, 0.2) is 30.5 Å². The van der Waals surface area contributed by atoms with Crippen molar-refractivity contribution >= 4 is 17.4 Å². The zero-order valence-corrected chi connectivity index (χ0v) is 12.7. The Labute approximate surface area is 127 Å². The summed E-state index contributed by atoms with van der Waals surface area (Å²) in [6, 6.07) is 1.99. The van der Waals surface area contributed by atoms with Gasteiger partial charge in [0.15, 0.2) is 0 Å². The van der Waals surface area contributed by atoms with Crippen molar-refractivity contribution in [2.45, 2.75) is 26.4 Å². The Morgan fingerprint density at radius 3 is 2.50 bits per heavy atom. The molecule has 1 aromatic carbocycles. The van der Waals surface area contributed by atoms with Crippen LogP contribution in [-0.4, -0.2) is 23.1 Å². The summed E-state index contributed by atoms with van der Waals surface area (Å²) in [6.07, 6.45) is 4.23. The van der Waals surface area contributed by atoms with Crippen molar-refractivity contribution in [3.8, 4) is 0 Å². The average molecular weight is 308 g/mol. The second-order valence-corrected chi connectivity index (χ2v) is 5.96. The van der Waals surface area contributed by atoms with Crippen LogP contribution < -0.4 is 5.73 Å². The zero-order chi connectivity index (χ0) is 16.5. The number of ether oxygens (including phenoxy) is 1. The third-order valence-corrected chi connectivity index (χ3v) is 2.97. The Kier molecular flexibility index (Phi) is 4.21. The van der Waals surface area contributed by atoms with Gasteiger partial charge in [-0.1, -0.05) is 6.08 Å². The van der Waals surface area contributed by atoms with Gasteiger partial charge in [0, 0.05) is 24.4 Å². The van der Waals surface area contributed by atoms with E-state index in [1.165, 1.54) is 17.2 Å². The molecule has 0 atom stereocenters. The number of halogens is 2. The Balaban J connectivity index is 2.15. The van der Waals surface area contributed by atoms with E-state index in [9.17, 15) is 13.6 Å². The summed E-state index contributed by atoms with van der Waals surface area (Å²) >= 11 is 0. The molecule has 1 amide bonds. The summed E-state index contributed by atoms with van der Waals surface area (Å²) in [7, 11) is 0. The SMILES string of the molecule is CC(C)(C)OC(=O)N1C=CC(c2cc(N)c(F)cc2F)=CC1. The zero-order valence-electron chi connectivity index (χ0n) is 12.7. The lowest BCUT2D eigenvalue weighted by atomic mass is 10.0. The highest BCUT2D eigenvalue weighted by atomic mass is 19.1. The Morgan fingerprint density at radius 1 is 1.27 bits per heavy atom. The van der Waals surface area contributed by atoms with Gasteiger partial charge < -0.3 is 10.5 Å². The molecular formula is C16H18F2N2O2. The maximum absolute atomic E-state index is 13.8. The van der Waals surface area contributed by atoms with E-state index in [1.54, 1.807) is 32.9 Å². The summed E-state index contributed by atoms with van der Waals surface area (Å²) in [5, 5.41) is 0. The highest BCUT2D eigenvalue weighted by Crippen LogP contribution is 2.26. The van der Waals surface area contributed by atoms with E-state index in [1.807, 2.05) is 0 Å². The number of nitrogens with two attached hydrogens (primary N) is 1. The van der Waals surface area contributed by atoms with Crippen molar-refractivity contribution in [2.75, 3.05) is 12.3 Å². The molecule has 4 nitrogen and oxygen atoms in total. The molecule has 0 bridgehead atoms. The van der Waals surface area contributed by atoms with Gasteiger partial charge in [-0.05, 0) is 38.5 Å². The van der Waals surface area contributed by atoms with Crippen LogP contribution in [0.5, 0.6) is 0 Å². The first-order chi connectivity index (χ1) is 10.2. The number of carbonyl (C=O) groups is 1. The topological polar surface area (TPSA) is 55.6 Å². The quantitative estimate of drug-likeness (QED) is 0.805. The first kappa shape index (κ1) is 16.0. The van der Waals surface area contributed by atoms with Gasteiger partial charge in [0.05, 0.1) is 5.69 Å². The molecule has 2 rings (SSSR count). The summed E-state index contributed by atoms with van der Waals surface area (Å²) in [5.74, 6) is -1.50. The van der Waals surface area contributed by atoms with Gasteiger partial charge in [-0.15, -0.1) is 0 Å². The smallest absolute Gasteiger partial charge is 0.414 e. The summed E-state index contributed by atoms with van der Waals surface area (Å²) in [4.78, 5) is 13.3. The fourth-order valence-corrected chi connectivity index (χ4v) is 1.94. The maximum atomic E-state index is 13.8. The van der Waals surface area contributed by atoms with E-state index in [4.69, 9.17) is 10.5 Å². The van der Waals surface area contributed by atoms with Crippen LogP contribution in [0.1, 0.15) is 26.3 Å². The second kappa shape index (κ2) is 5.79. The summed E-state index contributed by atoms with van der Waals surface area (Å²) in [5.41, 5.74) is 5.47.